The van der Waals surface area contributed by atoms with Gasteiger partial charge in [0.2, 0.25) is 0 Å². The van der Waals surface area contributed by atoms with E-state index in [0.29, 0.717) is 5.15 Å². The molecule has 0 amide bonds. The Morgan fingerprint density at radius 3 is 2.55 bits per heavy atom. The average molecular weight is 494 g/mol. The Hall–Kier alpha value is -2.07. The number of piperazine rings is 1. The van der Waals surface area contributed by atoms with Crippen LogP contribution in [0.25, 0.3) is 0 Å². The molecule has 1 aliphatic heterocycles. The molecule has 7 nitrogen and oxygen atoms in total. The fourth-order valence-corrected chi connectivity index (χ4v) is 4.31. The van der Waals surface area contributed by atoms with Crippen molar-refractivity contribution in [1.29, 1.82) is 0 Å². The van der Waals surface area contributed by atoms with Crippen LogP contribution in [-0.4, -0.2) is 63.4 Å². The lowest BCUT2D eigenvalue weighted by Crippen LogP contribution is -2.46. The Labute approximate surface area is 205 Å². The lowest BCUT2D eigenvalue weighted by atomic mass is 10.2. The maximum Gasteiger partial charge on any atom is 0.184 e. The third-order valence-electron chi connectivity index (χ3n) is 5.80. The van der Waals surface area contributed by atoms with E-state index in [-0.39, 0.29) is 10.9 Å². The standard InChI is InChI=1S/C23H33ClFN7S/c1-2-3-5-21-28-22(24)20(16-27-29-23(26)33)32(21)11-4-10-30-12-14-31(15-13-30)17-18-6-8-19(25)9-7-18/h6-9,16H,2-5,10-15,17H2,1H3,(H3,26,29,33)/b27-16+. The summed E-state index contributed by atoms with van der Waals surface area (Å²) in [5.74, 6) is 0.803. The Morgan fingerprint density at radius 1 is 1.18 bits per heavy atom. The topological polar surface area (TPSA) is 74.7 Å². The fraction of sp³-hybridized carbons (Fsp3) is 0.522. The largest absolute Gasteiger partial charge is 0.375 e. The number of imidazole rings is 1. The molecule has 1 aromatic carbocycles. The van der Waals surface area contributed by atoms with Gasteiger partial charge in [-0.1, -0.05) is 37.1 Å². The Kier molecular flexibility index (Phi) is 10.1. The predicted molar refractivity (Wildman–Crippen MR) is 136 cm³/mol. The van der Waals surface area contributed by atoms with Crippen LogP contribution < -0.4 is 11.2 Å². The van der Waals surface area contributed by atoms with E-state index < -0.39 is 0 Å². The molecule has 2 heterocycles. The second kappa shape index (κ2) is 13.0. The van der Waals surface area contributed by atoms with Crippen LogP contribution in [0.4, 0.5) is 4.39 Å². The number of unbranched alkanes of at least 4 members (excludes halogenated alkanes) is 1. The van der Waals surface area contributed by atoms with E-state index in [1.54, 1.807) is 6.21 Å². The molecule has 0 unspecified atom stereocenters. The van der Waals surface area contributed by atoms with Gasteiger partial charge in [-0.25, -0.2) is 9.37 Å². The molecule has 3 N–H and O–H groups in total. The van der Waals surface area contributed by atoms with Crippen molar-refractivity contribution in [3.63, 3.8) is 0 Å². The van der Waals surface area contributed by atoms with Crippen molar-refractivity contribution >= 4 is 35.1 Å². The summed E-state index contributed by atoms with van der Waals surface area (Å²) in [6.45, 7) is 8.95. The maximum absolute atomic E-state index is 13.1. The van der Waals surface area contributed by atoms with Gasteiger partial charge in [0.15, 0.2) is 10.3 Å². The van der Waals surface area contributed by atoms with Crippen molar-refractivity contribution in [3.8, 4) is 0 Å². The molecule has 3 rings (SSSR count). The average Bonchev–Trinajstić information content (AvgIpc) is 3.09. The minimum absolute atomic E-state index is 0.109. The third kappa shape index (κ3) is 8.03. The third-order valence-corrected chi connectivity index (χ3v) is 6.17. The number of hydrogen-bond donors (Lipinski definition) is 2. The highest BCUT2D eigenvalue weighted by Crippen LogP contribution is 2.19. The molecule has 1 aliphatic rings. The lowest BCUT2D eigenvalue weighted by Gasteiger charge is -2.34. The number of nitrogens with zero attached hydrogens (tertiary/aromatic N) is 5. The number of aryl methyl sites for hydroxylation is 1. The minimum atomic E-state index is -0.186. The maximum atomic E-state index is 13.1. The van der Waals surface area contributed by atoms with Crippen molar-refractivity contribution in [2.45, 2.75) is 45.7 Å². The van der Waals surface area contributed by atoms with Gasteiger partial charge in [0, 0.05) is 45.7 Å². The summed E-state index contributed by atoms with van der Waals surface area (Å²) in [6.07, 6.45) is 5.67. The van der Waals surface area contributed by atoms with Crippen LogP contribution in [0.3, 0.4) is 0 Å². The van der Waals surface area contributed by atoms with Crippen LogP contribution in [0, 0.1) is 5.82 Å². The molecule has 0 atom stereocenters. The second-order valence-electron chi connectivity index (χ2n) is 8.29. The number of thiocarbonyl (C=S) groups is 1. The molecule has 33 heavy (non-hydrogen) atoms. The van der Waals surface area contributed by atoms with Gasteiger partial charge in [-0.15, -0.1) is 0 Å². The molecule has 1 aromatic heterocycles. The van der Waals surface area contributed by atoms with E-state index in [1.807, 2.05) is 12.1 Å². The summed E-state index contributed by atoms with van der Waals surface area (Å²) in [5.41, 5.74) is 9.96. The zero-order valence-electron chi connectivity index (χ0n) is 19.1. The zero-order chi connectivity index (χ0) is 23.6. The van der Waals surface area contributed by atoms with E-state index in [4.69, 9.17) is 29.6 Å². The summed E-state index contributed by atoms with van der Waals surface area (Å²) in [7, 11) is 0. The van der Waals surface area contributed by atoms with Crippen molar-refractivity contribution in [2.24, 2.45) is 10.8 Å². The van der Waals surface area contributed by atoms with Gasteiger partial charge in [-0.2, -0.15) is 5.10 Å². The molecule has 1 saturated heterocycles. The Bertz CT molecular complexity index is 924. The first-order valence-electron chi connectivity index (χ1n) is 11.5. The molecule has 2 aromatic rings. The van der Waals surface area contributed by atoms with Crippen molar-refractivity contribution in [1.82, 2.24) is 24.8 Å². The van der Waals surface area contributed by atoms with E-state index in [9.17, 15) is 4.39 Å². The molecule has 0 spiro atoms. The first-order valence-corrected chi connectivity index (χ1v) is 12.3. The first kappa shape index (κ1) is 25.6. The summed E-state index contributed by atoms with van der Waals surface area (Å²) in [4.78, 5) is 9.48. The predicted octanol–water partition coefficient (Wildman–Crippen LogP) is 3.39. The second-order valence-corrected chi connectivity index (χ2v) is 9.09. The van der Waals surface area contributed by atoms with Gasteiger partial charge >= 0.3 is 0 Å². The quantitative estimate of drug-likeness (QED) is 0.284. The Morgan fingerprint density at radius 2 is 1.88 bits per heavy atom. The van der Waals surface area contributed by atoms with Crippen LogP contribution in [0.15, 0.2) is 29.4 Å². The number of nitrogens with one attached hydrogen (secondary N) is 1. The number of halogens is 2. The highest BCUT2D eigenvalue weighted by atomic mass is 35.5. The van der Waals surface area contributed by atoms with Gasteiger partial charge in [-0.05, 0) is 49.3 Å². The van der Waals surface area contributed by atoms with Crippen LogP contribution in [0.2, 0.25) is 5.15 Å². The summed E-state index contributed by atoms with van der Waals surface area (Å²) in [5, 5.41) is 4.64. The molecule has 0 saturated carbocycles. The number of aromatic nitrogens is 2. The van der Waals surface area contributed by atoms with Gasteiger partial charge < -0.3 is 15.2 Å². The highest BCUT2D eigenvalue weighted by molar-refractivity contribution is 7.80. The molecule has 1 fully saturated rings. The molecule has 0 aliphatic carbocycles. The van der Waals surface area contributed by atoms with Crippen LogP contribution in [0.5, 0.6) is 0 Å². The van der Waals surface area contributed by atoms with Crippen molar-refractivity contribution in [2.75, 3.05) is 32.7 Å². The lowest BCUT2D eigenvalue weighted by molar-refractivity contribution is 0.125. The first-order chi connectivity index (χ1) is 16.0. The van der Waals surface area contributed by atoms with E-state index in [0.717, 1.165) is 88.6 Å². The van der Waals surface area contributed by atoms with Gasteiger partial charge in [0.25, 0.3) is 0 Å². The van der Waals surface area contributed by atoms with Crippen LogP contribution in [0.1, 0.15) is 43.3 Å². The Balaban J connectivity index is 1.51. The smallest absolute Gasteiger partial charge is 0.184 e. The number of rotatable bonds is 11. The summed E-state index contributed by atoms with van der Waals surface area (Å²) in [6, 6.07) is 6.79. The zero-order valence-corrected chi connectivity index (χ0v) is 20.7. The van der Waals surface area contributed by atoms with Gasteiger partial charge in [0.1, 0.15) is 17.3 Å². The van der Waals surface area contributed by atoms with Gasteiger partial charge in [-0.3, -0.25) is 10.3 Å². The van der Waals surface area contributed by atoms with Crippen molar-refractivity contribution < 1.29 is 4.39 Å². The normalized spacial score (nSPS) is 15.4. The molecule has 0 bridgehead atoms. The number of hydrogen-bond acceptors (Lipinski definition) is 5. The minimum Gasteiger partial charge on any atom is -0.375 e. The highest BCUT2D eigenvalue weighted by Gasteiger charge is 2.18. The summed E-state index contributed by atoms with van der Waals surface area (Å²) >= 11 is 11.2. The molecule has 0 radical (unpaired) electrons. The number of hydrazone groups is 1. The number of benzene rings is 1. The molecule has 10 heteroatoms. The molecular weight excluding hydrogens is 461 g/mol. The van der Waals surface area contributed by atoms with Crippen LogP contribution >= 0.6 is 23.8 Å². The summed E-state index contributed by atoms with van der Waals surface area (Å²) < 4.78 is 15.3. The molecular formula is C23H33ClFN7S. The van der Waals surface area contributed by atoms with Crippen molar-refractivity contribution in [3.05, 3.63) is 52.3 Å². The number of nitrogens with two attached hydrogens (primary N) is 1. The van der Waals surface area contributed by atoms with E-state index >= 15 is 0 Å². The van der Waals surface area contributed by atoms with Crippen LogP contribution in [-0.2, 0) is 19.5 Å². The van der Waals surface area contributed by atoms with E-state index in [2.05, 4.69) is 36.8 Å². The SMILES string of the molecule is CCCCc1nc(Cl)c(/C=N/NC(N)=S)n1CCCN1CCN(Cc2ccc(F)cc2)CC1. The monoisotopic (exact) mass is 493 g/mol. The van der Waals surface area contributed by atoms with E-state index in [1.165, 1.54) is 12.1 Å². The van der Waals surface area contributed by atoms with Gasteiger partial charge in [0.05, 0.1) is 6.21 Å². The fourth-order valence-electron chi connectivity index (χ4n) is 4.01. The molecule has 180 valence electrons.